The van der Waals surface area contributed by atoms with E-state index in [1.165, 1.54) is 0 Å². The third-order valence-corrected chi connectivity index (χ3v) is 5.84. The van der Waals surface area contributed by atoms with Gasteiger partial charge >= 0.3 is 0 Å². The van der Waals surface area contributed by atoms with Crippen molar-refractivity contribution in [2.75, 3.05) is 25.1 Å². The van der Waals surface area contributed by atoms with Crippen LogP contribution in [-0.2, 0) is 13.1 Å². The molecule has 9 heteroatoms. The van der Waals surface area contributed by atoms with Gasteiger partial charge in [-0.1, -0.05) is 59.3 Å². The number of benzene rings is 2. The Hall–Kier alpha value is -3.91. The van der Waals surface area contributed by atoms with E-state index in [2.05, 4.69) is 20.6 Å². The van der Waals surface area contributed by atoms with Crippen LogP contribution in [0.5, 0.6) is 5.75 Å². The van der Waals surface area contributed by atoms with E-state index in [1.54, 1.807) is 10.9 Å². The number of fused-ring (bicyclic) bond motifs is 1. The standard InChI is InChI=1S/C25H23ClN6O2/c1-31-10-11-34-21-13-18(14-27-24(21)31)15-28-25(33)22-23(19-7-3-2-4-8-19)32(30-29-22)16-17-6-5-9-20(26)12-17/h2-9,12-14H,10-11,15-16H2,1H3,(H,28,33). The molecule has 1 aliphatic heterocycles. The summed E-state index contributed by atoms with van der Waals surface area (Å²) in [6.45, 7) is 2.13. The van der Waals surface area contributed by atoms with Gasteiger partial charge in [-0.3, -0.25) is 4.79 Å². The zero-order chi connectivity index (χ0) is 23.5. The molecule has 0 saturated carbocycles. The van der Waals surface area contributed by atoms with Crippen molar-refractivity contribution in [2.24, 2.45) is 0 Å². The highest BCUT2D eigenvalue weighted by atomic mass is 35.5. The summed E-state index contributed by atoms with van der Waals surface area (Å²) in [6, 6.07) is 19.1. The van der Waals surface area contributed by atoms with Crippen molar-refractivity contribution in [3.05, 3.63) is 88.7 Å². The molecule has 4 aromatic rings. The fraction of sp³-hybridized carbons (Fsp3) is 0.200. The fourth-order valence-electron chi connectivity index (χ4n) is 3.90. The van der Waals surface area contributed by atoms with E-state index in [4.69, 9.17) is 16.3 Å². The van der Waals surface area contributed by atoms with Crippen molar-refractivity contribution in [1.29, 1.82) is 0 Å². The van der Waals surface area contributed by atoms with Crippen LogP contribution >= 0.6 is 11.6 Å². The average Bonchev–Trinajstić information content (AvgIpc) is 3.26. The van der Waals surface area contributed by atoms with E-state index in [9.17, 15) is 4.79 Å². The van der Waals surface area contributed by atoms with E-state index in [0.717, 1.165) is 34.8 Å². The highest BCUT2D eigenvalue weighted by molar-refractivity contribution is 6.30. The molecule has 0 atom stereocenters. The molecule has 5 rings (SSSR count). The Morgan fingerprint density at radius 2 is 1.97 bits per heavy atom. The number of carbonyl (C=O) groups is 1. The molecule has 172 valence electrons. The number of hydrogen-bond acceptors (Lipinski definition) is 6. The Labute approximate surface area is 202 Å². The molecule has 2 aromatic carbocycles. The molecule has 0 aliphatic carbocycles. The lowest BCUT2D eigenvalue weighted by molar-refractivity contribution is 0.0946. The van der Waals surface area contributed by atoms with Crippen molar-refractivity contribution >= 4 is 23.3 Å². The van der Waals surface area contributed by atoms with E-state index in [0.29, 0.717) is 30.4 Å². The minimum Gasteiger partial charge on any atom is -0.488 e. The molecule has 2 aromatic heterocycles. The second kappa shape index (κ2) is 9.52. The molecule has 0 unspecified atom stereocenters. The van der Waals surface area contributed by atoms with Gasteiger partial charge in [0.1, 0.15) is 12.3 Å². The number of nitrogens with zero attached hydrogens (tertiary/aromatic N) is 5. The number of halogens is 1. The smallest absolute Gasteiger partial charge is 0.274 e. The molecule has 0 bridgehead atoms. The largest absolute Gasteiger partial charge is 0.488 e. The number of pyridine rings is 1. The lowest BCUT2D eigenvalue weighted by atomic mass is 10.1. The van der Waals surface area contributed by atoms with Crippen molar-refractivity contribution in [3.63, 3.8) is 0 Å². The lowest BCUT2D eigenvalue weighted by Crippen LogP contribution is -2.30. The predicted octanol–water partition coefficient (Wildman–Crippen LogP) is 3.80. The van der Waals surface area contributed by atoms with E-state index >= 15 is 0 Å². The SMILES string of the molecule is CN1CCOc2cc(CNC(=O)c3nnn(Cc4cccc(Cl)c4)c3-c3ccccc3)cnc21. The third kappa shape index (κ3) is 4.58. The highest BCUT2D eigenvalue weighted by Gasteiger charge is 2.22. The molecular formula is C25H23ClN6O2. The maximum Gasteiger partial charge on any atom is 0.274 e. The van der Waals surface area contributed by atoms with Crippen LogP contribution in [0.1, 0.15) is 21.6 Å². The van der Waals surface area contributed by atoms with Gasteiger partial charge < -0.3 is 15.0 Å². The Kier molecular flexibility index (Phi) is 6.14. The quantitative estimate of drug-likeness (QED) is 0.457. The summed E-state index contributed by atoms with van der Waals surface area (Å²) in [5.41, 5.74) is 3.56. The summed E-state index contributed by atoms with van der Waals surface area (Å²) in [5, 5.41) is 12.1. The predicted molar refractivity (Wildman–Crippen MR) is 130 cm³/mol. The van der Waals surface area contributed by atoms with Gasteiger partial charge in [0.25, 0.3) is 5.91 Å². The minimum absolute atomic E-state index is 0.259. The molecule has 1 aliphatic rings. The first-order valence-corrected chi connectivity index (χ1v) is 11.3. The number of rotatable bonds is 6. The molecule has 0 spiro atoms. The van der Waals surface area contributed by atoms with E-state index in [1.807, 2.05) is 72.6 Å². The van der Waals surface area contributed by atoms with Gasteiger partial charge in [0.2, 0.25) is 0 Å². The number of aromatic nitrogens is 4. The summed E-state index contributed by atoms with van der Waals surface area (Å²) in [4.78, 5) is 19.7. The lowest BCUT2D eigenvalue weighted by Gasteiger charge is -2.26. The summed E-state index contributed by atoms with van der Waals surface area (Å²) in [7, 11) is 1.98. The molecule has 3 heterocycles. The first-order chi connectivity index (χ1) is 16.6. The summed E-state index contributed by atoms with van der Waals surface area (Å²) in [5.74, 6) is 1.21. The van der Waals surface area contributed by atoms with Gasteiger partial charge in [-0.15, -0.1) is 5.10 Å². The molecule has 0 saturated heterocycles. The maximum atomic E-state index is 13.2. The van der Waals surface area contributed by atoms with Crippen LogP contribution < -0.4 is 15.0 Å². The maximum absolute atomic E-state index is 13.2. The number of amides is 1. The van der Waals surface area contributed by atoms with Crippen LogP contribution in [0, 0.1) is 0 Å². The van der Waals surface area contributed by atoms with Crippen LogP contribution in [0.4, 0.5) is 5.82 Å². The number of hydrogen-bond donors (Lipinski definition) is 1. The van der Waals surface area contributed by atoms with Crippen molar-refractivity contribution in [3.8, 4) is 17.0 Å². The summed E-state index contributed by atoms with van der Waals surface area (Å²) >= 11 is 6.15. The van der Waals surface area contributed by atoms with Crippen LogP contribution in [0.2, 0.25) is 5.02 Å². The fourth-order valence-corrected chi connectivity index (χ4v) is 4.11. The summed E-state index contributed by atoms with van der Waals surface area (Å²) < 4.78 is 7.44. The first-order valence-electron chi connectivity index (χ1n) is 10.9. The normalized spacial score (nSPS) is 12.7. The van der Waals surface area contributed by atoms with E-state index in [-0.39, 0.29) is 11.6 Å². The average molecular weight is 475 g/mol. The van der Waals surface area contributed by atoms with Crippen LogP contribution in [0.3, 0.4) is 0 Å². The number of anilines is 1. The van der Waals surface area contributed by atoms with Crippen molar-refractivity contribution in [2.45, 2.75) is 13.1 Å². The van der Waals surface area contributed by atoms with Gasteiger partial charge in [-0.25, -0.2) is 9.67 Å². The van der Waals surface area contributed by atoms with Crippen molar-refractivity contribution in [1.82, 2.24) is 25.3 Å². The van der Waals surface area contributed by atoms with Gasteiger partial charge in [0.15, 0.2) is 17.3 Å². The molecule has 34 heavy (non-hydrogen) atoms. The van der Waals surface area contributed by atoms with Gasteiger partial charge in [0.05, 0.1) is 13.1 Å². The molecule has 8 nitrogen and oxygen atoms in total. The molecule has 1 N–H and O–H groups in total. The first kappa shape index (κ1) is 21.9. The Bertz CT molecular complexity index is 1320. The second-order valence-electron chi connectivity index (χ2n) is 8.06. The van der Waals surface area contributed by atoms with Crippen molar-refractivity contribution < 1.29 is 9.53 Å². The second-order valence-corrected chi connectivity index (χ2v) is 8.49. The van der Waals surface area contributed by atoms with Gasteiger partial charge in [0, 0.05) is 30.4 Å². The molecule has 1 amide bonds. The molecule has 0 fully saturated rings. The monoisotopic (exact) mass is 474 g/mol. The highest BCUT2D eigenvalue weighted by Crippen LogP contribution is 2.29. The number of nitrogens with one attached hydrogen (secondary N) is 1. The van der Waals surface area contributed by atoms with Crippen LogP contribution in [-0.4, -0.2) is 46.1 Å². The van der Waals surface area contributed by atoms with E-state index < -0.39 is 0 Å². The molecule has 0 radical (unpaired) electrons. The number of likely N-dealkylation sites (N-methyl/N-ethyl adjacent to an activating group) is 1. The Morgan fingerprint density at radius 3 is 2.79 bits per heavy atom. The summed E-state index contributed by atoms with van der Waals surface area (Å²) in [6.07, 6.45) is 1.75. The Morgan fingerprint density at radius 1 is 1.12 bits per heavy atom. The van der Waals surface area contributed by atoms with Crippen LogP contribution in [0.15, 0.2) is 66.9 Å². The molecular weight excluding hydrogens is 452 g/mol. The number of ether oxygens (including phenoxy) is 1. The van der Waals surface area contributed by atoms with Gasteiger partial charge in [-0.2, -0.15) is 0 Å². The topological polar surface area (TPSA) is 85.2 Å². The third-order valence-electron chi connectivity index (χ3n) is 5.61. The van der Waals surface area contributed by atoms with Crippen LogP contribution in [0.25, 0.3) is 11.3 Å². The number of carbonyl (C=O) groups excluding carboxylic acids is 1. The zero-order valence-electron chi connectivity index (χ0n) is 18.6. The zero-order valence-corrected chi connectivity index (χ0v) is 19.4. The van der Waals surface area contributed by atoms with Gasteiger partial charge in [-0.05, 0) is 29.3 Å². The Balaban J connectivity index is 1.39. The minimum atomic E-state index is -0.313.